The molecule has 45 heavy (non-hydrogen) atoms. The molecule has 0 unspecified atom stereocenters. The summed E-state index contributed by atoms with van der Waals surface area (Å²) < 4.78 is 238. The van der Waals surface area contributed by atoms with E-state index in [1.807, 2.05) is 0 Å². The third-order valence-electron chi connectivity index (χ3n) is 6.83. The smallest absolute Gasteiger partial charge is 0.556 e. The molecule has 3 aromatic rings. The predicted octanol–water partition coefficient (Wildman–Crippen LogP) is 7.17. The summed E-state index contributed by atoms with van der Waals surface area (Å²) in [7, 11) is 0. The minimum Gasteiger partial charge on any atom is -0.556 e. The second-order valence-corrected chi connectivity index (χ2v) is 9.20. The minimum absolute atomic E-state index is 0.457. The average molecular weight is 668 g/mol. The number of carbonyl (C=O) groups excluding carboxylic acids is 1. The average Bonchev–Trinajstić information content (AvgIpc) is 3.00. The molecule has 0 N–H and O–H groups in total. The lowest BCUT2D eigenvalue weighted by molar-refractivity contribution is -0.0519. The number of rotatable bonds is 5. The first-order chi connectivity index (χ1) is 21.0. The van der Waals surface area contributed by atoms with Gasteiger partial charge < -0.3 is 9.08 Å². The molecule has 1 atom stereocenters. The molecule has 1 aliphatic heterocycles. The van der Waals surface area contributed by atoms with Gasteiger partial charge in [0.2, 0.25) is 5.82 Å². The second-order valence-electron chi connectivity index (χ2n) is 9.20. The standard InChI is InChI=1S/C26H12BF15O3/c1-3-5-6-8(7-11(28)17(34)23(40)18(35)12(7)29)27(45-26(44-6)43-4-2,9-13(30)19(36)24(41)20(37)14(9)31)10-15(32)21(38)25(42)22(39)16(10)33/h5,8H,3-4H2,1-2H3/b6-5-/t8-/m1/s1. The molecule has 4 rings (SSSR count). The molecule has 0 amide bonds. The van der Waals surface area contributed by atoms with Crippen molar-refractivity contribution in [2.24, 2.45) is 0 Å². The van der Waals surface area contributed by atoms with Crippen molar-refractivity contribution in [2.75, 3.05) is 6.61 Å². The Morgan fingerprint density at radius 2 is 0.889 bits per heavy atom. The van der Waals surface area contributed by atoms with Gasteiger partial charge in [0, 0.05) is 11.4 Å². The number of hydrogen-bond acceptors (Lipinski definition) is 2. The van der Waals surface area contributed by atoms with Crippen LogP contribution in [0.4, 0.5) is 70.2 Å². The molecular formula is C26H12BF15O3. The van der Waals surface area contributed by atoms with Gasteiger partial charge in [0.15, 0.2) is 70.5 Å². The van der Waals surface area contributed by atoms with E-state index in [9.17, 15) is 39.5 Å². The van der Waals surface area contributed by atoms with Crippen LogP contribution in [0.2, 0.25) is 0 Å². The Bertz CT molecular complexity index is 1650. The van der Waals surface area contributed by atoms with Gasteiger partial charge in [-0.1, -0.05) is 17.8 Å². The SMILES string of the molecule is CC/C=C1\OC(OCC)=[O+][B-](c2c(F)c(F)c(F)c(F)c2F)(c2c(F)c(F)c(F)c(F)c2F)[C@H]1c1c(F)c(F)c(F)c(F)c1F. The Balaban J connectivity index is 2.49. The van der Waals surface area contributed by atoms with Gasteiger partial charge in [0.25, 0.3) is 0 Å². The van der Waals surface area contributed by atoms with Crippen molar-refractivity contribution < 1.29 is 79.7 Å². The zero-order chi connectivity index (χ0) is 33.9. The summed E-state index contributed by atoms with van der Waals surface area (Å²) in [4.78, 5) is 0. The van der Waals surface area contributed by atoms with Gasteiger partial charge in [-0.2, -0.15) is 0 Å². The van der Waals surface area contributed by atoms with Crippen molar-refractivity contribution >= 4 is 23.4 Å². The summed E-state index contributed by atoms with van der Waals surface area (Å²) in [5.74, 6) is -49.4. The van der Waals surface area contributed by atoms with Gasteiger partial charge in [-0.15, -0.1) is 0 Å². The molecule has 0 saturated carbocycles. The molecule has 0 spiro atoms. The largest absolute Gasteiger partial charge is 0.664 e. The first-order valence-corrected chi connectivity index (χ1v) is 12.3. The zero-order valence-corrected chi connectivity index (χ0v) is 22.0. The molecule has 0 aromatic heterocycles. The normalized spacial score (nSPS) is 17.0. The van der Waals surface area contributed by atoms with E-state index >= 15 is 26.3 Å². The van der Waals surface area contributed by atoms with Gasteiger partial charge in [0.1, 0.15) is 23.3 Å². The number of halogens is 15. The number of hydrogen-bond donors (Lipinski definition) is 0. The highest BCUT2D eigenvalue weighted by Crippen LogP contribution is 2.46. The molecule has 0 radical (unpaired) electrons. The van der Waals surface area contributed by atoms with Gasteiger partial charge in [-0.05, 0) is 19.4 Å². The molecule has 0 bridgehead atoms. The van der Waals surface area contributed by atoms with Gasteiger partial charge >= 0.3 is 12.5 Å². The maximum absolute atomic E-state index is 15.6. The van der Waals surface area contributed by atoms with Crippen LogP contribution in [0, 0.1) is 87.3 Å². The number of cyclic esters (lactones) is 1. The summed E-state index contributed by atoms with van der Waals surface area (Å²) in [5.41, 5.74) is -7.65. The quantitative estimate of drug-likeness (QED) is 0.0721. The van der Waals surface area contributed by atoms with Crippen LogP contribution in [-0.4, -0.2) is 19.1 Å². The number of allylic oxidation sites excluding steroid dienone is 2. The predicted molar refractivity (Wildman–Crippen MR) is 123 cm³/mol. The van der Waals surface area contributed by atoms with E-state index < -0.39 is 141 Å². The lowest BCUT2D eigenvalue weighted by Gasteiger charge is -2.43. The topological polar surface area (TPSA) is 29.8 Å². The Labute approximate surface area is 241 Å². The van der Waals surface area contributed by atoms with Crippen LogP contribution < -0.4 is 10.9 Å². The molecule has 0 fully saturated rings. The molecule has 3 aromatic carbocycles. The van der Waals surface area contributed by atoms with Gasteiger partial charge in [-0.25, -0.2) is 65.9 Å². The fourth-order valence-electron chi connectivity index (χ4n) is 5.05. The maximum atomic E-state index is 15.6. The fourth-order valence-corrected chi connectivity index (χ4v) is 5.05. The van der Waals surface area contributed by atoms with Crippen LogP contribution >= 0.6 is 0 Å². The summed E-state index contributed by atoms with van der Waals surface area (Å²) in [5, 5.41) is 0. The van der Waals surface area contributed by atoms with Crippen molar-refractivity contribution in [3.05, 3.63) is 105 Å². The number of ether oxygens (including phenoxy) is 2. The van der Waals surface area contributed by atoms with Crippen LogP contribution in [0.25, 0.3) is 0 Å². The molecule has 3 nitrogen and oxygen atoms in total. The zero-order valence-electron chi connectivity index (χ0n) is 22.0. The highest BCUT2D eigenvalue weighted by Gasteiger charge is 2.61. The fraction of sp³-hybridized carbons (Fsp3) is 0.192. The summed E-state index contributed by atoms with van der Waals surface area (Å²) in [6.45, 7) is 1.61. The van der Waals surface area contributed by atoms with Crippen LogP contribution in [0.1, 0.15) is 31.6 Å². The van der Waals surface area contributed by atoms with Crippen molar-refractivity contribution in [1.29, 1.82) is 0 Å². The van der Waals surface area contributed by atoms with Crippen LogP contribution in [0.3, 0.4) is 0 Å². The Hall–Kier alpha value is -4.32. The first kappa shape index (κ1) is 33.6. The van der Waals surface area contributed by atoms with E-state index in [0.29, 0.717) is 6.08 Å². The third-order valence-corrected chi connectivity index (χ3v) is 6.83. The molecular weight excluding hydrogens is 656 g/mol. The number of benzene rings is 3. The van der Waals surface area contributed by atoms with Gasteiger partial charge in [0.05, 0.1) is 0 Å². The van der Waals surface area contributed by atoms with Gasteiger partial charge in [-0.3, -0.25) is 4.74 Å². The van der Waals surface area contributed by atoms with E-state index in [1.54, 1.807) is 0 Å². The lowest BCUT2D eigenvalue weighted by Crippen LogP contribution is -2.67. The summed E-state index contributed by atoms with van der Waals surface area (Å²) in [6, 6.07) is 0. The molecule has 1 aliphatic rings. The Kier molecular flexibility index (Phi) is 8.87. The molecule has 0 aliphatic carbocycles. The maximum Gasteiger partial charge on any atom is 0.664 e. The van der Waals surface area contributed by atoms with Crippen molar-refractivity contribution in [3.63, 3.8) is 0 Å². The van der Waals surface area contributed by atoms with Crippen LogP contribution in [0.15, 0.2) is 11.8 Å². The Morgan fingerprint density at radius 1 is 0.556 bits per heavy atom. The summed E-state index contributed by atoms with van der Waals surface area (Å²) >= 11 is 0. The van der Waals surface area contributed by atoms with Crippen LogP contribution in [0.5, 0.6) is 0 Å². The van der Waals surface area contributed by atoms with Crippen molar-refractivity contribution in [3.8, 4) is 0 Å². The Morgan fingerprint density at radius 3 is 1.22 bits per heavy atom. The third kappa shape index (κ3) is 4.77. The van der Waals surface area contributed by atoms with Crippen LogP contribution in [-0.2, 0) is 9.47 Å². The second kappa shape index (κ2) is 11.9. The minimum atomic E-state index is -5.76. The van der Waals surface area contributed by atoms with E-state index in [4.69, 9.17) is 13.8 Å². The monoisotopic (exact) mass is 668 g/mol. The first-order valence-electron chi connectivity index (χ1n) is 12.3. The van der Waals surface area contributed by atoms with E-state index in [2.05, 4.69) is 0 Å². The molecule has 242 valence electrons. The summed E-state index contributed by atoms with van der Waals surface area (Å²) in [6.07, 6.45) is -7.22. The van der Waals surface area contributed by atoms with E-state index in [1.165, 1.54) is 0 Å². The lowest BCUT2D eigenvalue weighted by atomic mass is 9.23. The molecule has 19 heteroatoms. The van der Waals surface area contributed by atoms with E-state index in [0.717, 1.165) is 13.8 Å². The van der Waals surface area contributed by atoms with Crippen molar-refractivity contribution in [2.45, 2.75) is 26.1 Å². The highest BCUT2D eigenvalue weighted by molar-refractivity contribution is 6.98. The molecule has 0 saturated heterocycles. The highest BCUT2D eigenvalue weighted by atomic mass is 19.2. The van der Waals surface area contributed by atoms with Crippen molar-refractivity contribution in [1.82, 2.24) is 0 Å². The van der Waals surface area contributed by atoms with E-state index in [-0.39, 0.29) is 0 Å². The molecule has 1 heterocycles.